The van der Waals surface area contributed by atoms with Gasteiger partial charge in [0.05, 0.1) is 19.1 Å². The number of amides is 2. The van der Waals surface area contributed by atoms with Gasteiger partial charge >= 0.3 is 0 Å². The third kappa shape index (κ3) is 4.62. The molecule has 1 aliphatic rings. The lowest BCUT2D eigenvalue weighted by Crippen LogP contribution is -2.38. The fourth-order valence-corrected chi connectivity index (χ4v) is 3.53. The molecular formula is C21H22ClFN2O3. The Hall–Kier alpha value is -2.60. The summed E-state index contributed by atoms with van der Waals surface area (Å²) in [7, 11) is 1.55. The zero-order valence-electron chi connectivity index (χ0n) is 15.7. The van der Waals surface area contributed by atoms with Crippen LogP contribution in [0.15, 0.2) is 42.5 Å². The highest BCUT2D eigenvalue weighted by atomic mass is 35.5. The van der Waals surface area contributed by atoms with Crippen molar-refractivity contribution in [1.82, 2.24) is 9.80 Å². The molecule has 3 rings (SSSR count). The number of benzene rings is 2. The van der Waals surface area contributed by atoms with Crippen LogP contribution >= 0.6 is 11.6 Å². The van der Waals surface area contributed by atoms with Gasteiger partial charge < -0.3 is 14.5 Å². The molecule has 0 saturated carbocycles. The van der Waals surface area contributed by atoms with Crippen molar-refractivity contribution in [1.29, 1.82) is 0 Å². The SMILES string of the molecule is COc1ccc(Cl)cc1CC(=O)N1CCCN(C(=O)c2ccccc2F)CC1. The predicted octanol–water partition coefficient (Wildman–Crippen LogP) is 3.40. The average Bonchev–Trinajstić information content (AvgIpc) is 2.94. The molecule has 2 aromatic rings. The second-order valence-electron chi connectivity index (χ2n) is 6.64. The zero-order chi connectivity index (χ0) is 20.1. The van der Waals surface area contributed by atoms with Gasteiger partial charge in [0, 0.05) is 36.8 Å². The van der Waals surface area contributed by atoms with Crippen LogP contribution in [0.1, 0.15) is 22.3 Å². The Morgan fingerprint density at radius 1 is 1.07 bits per heavy atom. The van der Waals surface area contributed by atoms with Gasteiger partial charge in [0.25, 0.3) is 5.91 Å². The lowest BCUT2D eigenvalue weighted by molar-refractivity contribution is -0.130. The fourth-order valence-electron chi connectivity index (χ4n) is 3.33. The summed E-state index contributed by atoms with van der Waals surface area (Å²) >= 11 is 6.04. The highest BCUT2D eigenvalue weighted by Gasteiger charge is 2.24. The summed E-state index contributed by atoms with van der Waals surface area (Å²) in [6.07, 6.45) is 0.809. The molecule has 2 amide bonds. The van der Waals surface area contributed by atoms with Crippen LogP contribution in [-0.2, 0) is 11.2 Å². The molecule has 28 heavy (non-hydrogen) atoms. The van der Waals surface area contributed by atoms with E-state index in [9.17, 15) is 14.0 Å². The Morgan fingerprint density at radius 3 is 2.54 bits per heavy atom. The zero-order valence-corrected chi connectivity index (χ0v) is 16.4. The Kier molecular flexibility index (Phi) is 6.52. The predicted molar refractivity (Wildman–Crippen MR) is 105 cm³/mol. The monoisotopic (exact) mass is 404 g/mol. The summed E-state index contributed by atoms with van der Waals surface area (Å²) in [5.41, 5.74) is 0.787. The van der Waals surface area contributed by atoms with Crippen molar-refractivity contribution in [2.45, 2.75) is 12.8 Å². The maximum absolute atomic E-state index is 13.9. The number of halogens is 2. The molecule has 1 aliphatic heterocycles. The normalized spacial score (nSPS) is 14.5. The van der Waals surface area contributed by atoms with Gasteiger partial charge in [-0.05, 0) is 36.8 Å². The van der Waals surface area contributed by atoms with Gasteiger partial charge in [0.2, 0.25) is 5.91 Å². The molecule has 0 atom stereocenters. The second-order valence-corrected chi connectivity index (χ2v) is 7.08. The first-order chi connectivity index (χ1) is 13.5. The summed E-state index contributed by atoms with van der Waals surface area (Å²) in [5, 5.41) is 0.543. The van der Waals surface area contributed by atoms with E-state index in [1.54, 1.807) is 47.2 Å². The second kappa shape index (κ2) is 9.06. The fraction of sp³-hybridized carbons (Fsp3) is 0.333. The largest absolute Gasteiger partial charge is 0.496 e. The number of carbonyl (C=O) groups excluding carboxylic acids is 2. The van der Waals surface area contributed by atoms with Gasteiger partial charge in [0.1, 0.15) is 11.6 Å². The first kappa shape index (κ1) is 20.1. The van der Waals surface area contributed by atoms with Crippen LogP contribution in [0.25, 0.3) is 0 Å². The molecule has 0 spiro atoms. The third-order valence-electron chi connectivity index (χ3n) is 4.82. The maximum Gasteiger partial charge on any atom is 0.256 e. The lowest BCUT2D eigenvalue weighted by Gasteiger charge is -2.23. The molecule has 7 heteroatoms. The first-order valence-electron chi connectivity index (χ1n) is 9.13. The number of ether oxygens (including phenoxy) is 1. The number of rotatable bonds is 4. The molecule has 0 aromatic heterocycles. The van der Waals surface area contributed by atoms with E-state index < -0.39 is 5.82 Å². The summed E-state index contributed by atoms with van der Waals surface area (Å²) in [4.78, 5) is 28.7. The van der Waals surface area contributed by atoms with Gasteiger partial charge in [-0.25, -0.2) is 4.39 Å². The Bertz CT molecular complexity index is 874. The van der Waals surface area contributed by atoms with Crippen molar-refractivity contribution in [3.8, 4) is 5.75 Å². The minimum absolute atomic E-state index is 0.0549. The van der Waals surface area contributed by atoms with Crippen molar-refractivity contribution >= 4 is 23.4 Å². The number of hydrogen-bond acceptors (Lipinski definition) is 3. The molecule has 1 heterocycles. The van der Waals surface area contributed by atoms with E-state index in [1.807, 2.05) is 0 Å². The van der Waals surface area contributed by atoms with E-state index in [2.05, 4.69) is 0 Å². The molecule has 0 N–H and O–H groups in total. The minimum atomic E-state index is -0.530. The van der Waals surface area contributed by atoms with Gasteiger partial charge in [-0.15, -0.1) is 0 Å². The molecule has 1 saturated heterocycles. The Morgan fingerprint density at radius 2 is 1.79 bits per heavy atom. The molecule has 0 aliphatic carbocycles. The summed E-state index contributed by atoms with van der Waals surface area (Å²) in [5.74, 6) is -0.314. The van der Waals surface area contributed by atoms with Gasteiger partial charge in [-0.1, -0.05) is 23.7 Å². The quantitative estimate of drug-likeness (QED) is 0.784. The first-order valence-corrected chi connectivity index (χ1v) is 9.51. The summed E-state index contributed by atoms with van der Waals surface area (Å²) in [6, 6.07) is 11.1. The van der Waals surface area contributed by atoms with E-state index in [1.165, 1.54) is 12.1 Å². The van der Waals surface area contributed by atoms with Crippen LogP contribution in [0.2, 0.25) is 5.02 Å². The lowest BCUT2D eigenvalue weighted by atomic mass is 10.1. The third-order valence-corrected chi connectivity index (χ3v) is 5.06. The Balaban J connectivity index is 1.65. The smallest absolute Gasteiger partial charge is 0.256 e. The van der Waals surface area contributed by atoms with E-state index in [-0.39, 0.29) is 23.8 Å². The van der Waals surface area contributed by atoms with E-state index in [0.29, 0.717) is 43.4 Å². The van der Waals surface area contributed by atoms with Crippen molar-refractivity contribution in [3.63, 3.8) is 0 Å². The van der Waals surface area contributed by atoms with Crippen LogP contribution < -0.4 is 4.74 Å². The van der Waals surface area contributed by atoms with Crippen LogP contribution in [0.3, 0.4) is 0 Å². The maximum atomic E-state index is 13.9. The molecule has 0 unspecified atom stereocenters. The van der Waals surface area contributed by atoms with Gasteiger partial charge in [-0.2, -0.15) is 0 Å². The van der Waals surface area contributed by atoms with Crippen molar-refractivity contribution < 1.29 is 18.7 Å². The van der Waals surface area contributed by atoms with Gasteiger partial charge in [-0.3, -0.25) is 9.59 Å². The van der Waals surface area contributed by atoms with Crippen molar-refractivity contribution in [2.75, 3.05) is 33.3 Å². The Labute approximate surface area is 168 Å². The molecule has 1 fully saturated rings. The van der Waals surface area contributed by atoms with Crippen LogP contribution in [0.5, 0.6) is 5.75 Å². The molecule has 0 radical (unpaired) electrons. The standard InChI is InChI=1S/C21H22ClFN2O3/c1-28-19-8-7-16(22)13-15(19)14-20(26)24-9-4-10-25(12-11-24)21(27)17-5-2-3-6-18(17)23/h2-3,5-8,13H,4,9-12,14H2,1H3. The molecule has 148 valence electrons. The molecular weight excluding hydrogens is 383 g/mol. The molecule has 5 nitrogen and oxygen atoms in total. The van der Waals surface area contributed by atoms with Crippen LogP contribution in [-0.4, -0.2) is 54.9 Å². The van der Waals surface area contributed by atoms with E-state index >= 15 is 0 Å². The topological polar surface area (TPSA) is 49.9 Å². The average molecular weight is 405 g/mol. The number of hydrogen-bond donors (Lipinski definition) is 0. The van der Waals surface area contributed by atoms with E-state index in [4.69, 9.17) is 16.3 Å². The molecule has 2 aromatic carbocycles. The van der Waals surface area contributed by atoms with Crippen molar-refractivity contribution in [2.24, 2.45) is 0 Å². The van der Waals surface area contributed by atoms with Crippen molar-refractivity contribution in [3.05, 3.63) is 64.4 Å². The van der Waals surface area contributed by atoms with Gasteiger partial charge in [0.15, 0.2) is 0 Å². The summed E-state index contributed by atoms with van der Waals surface area (Å²) < 4.78 is 19.2. The van der Waals surface area contributed by atoms with Crippen LogP contribution in [0, 0.1) is 5.82 Å². The number of carbonyl (C=O) groups is 2. The highest BCUT2D eigenvalue weighted by molar-refractivity contribution is 6.30. The van der Waals surface area contributed by atoms with Crippen LogP contribution in [0.4, 0.5) is 4.39 Å². The molecule has 0 bridgehead atoms. The van der Waals surface area contributed by atoms with E-state index in [0.717, 1.165) is 5.56 Å². The minimum Gasteiger partial charge on any atom is -0.496 e. The number of nitrogens with zero attached hydrogens (tertiary/aromatic N) is 2. The summed E-state index contributed by atoms with van der Waals surface area (Å²) in [6.45, 7) is 1.80. The highest BCUT2D eigenvalue weighted by Crippen LogP contribution is 2.24. The number of methoxy groups -OCH3 is 1.